The van der Waals surface area contributed by atoms with Crippen LogP contribution in [0.2, 0.25) is 0 Å². The molecule has 17 heavy (non-hydrogen) atoms. The highest BCUT2D eigenvalue weighted by Gasteiger charge is 2.20. The number of aromatic nitrogens is 1. The van der Waals surface area contributed by atoms with Crippen LogP contribution in [0.5, 0.6) is 0 Å². The second-order valence-electron chi connectivity index (χ2n) is 4.94. The summed E-state index contributed by atoms with van der Waals surface area (Å²) in [4.78, 5) is 4.06. The molecule has 0 unspecified atom stereocenters. The Hall–Kier alpha value is -1.63. The van der Waals surface area contributed by atoms with E-state index in [9.17, 15) is 0 Å². The Labute approximate surface area is 103 Å². The third-order valence-electron chi connectivity index (χ3n) is 3.73. The van der Waals surface area contributed by atoms with Crippen LogP contribution in [0.25, 0.3) is 0 Å². The molecule has 0 saturated heterocycles. The zero-order valence-electron chi connectivity index (χ0n) is 9.97. The first-order valence-electron chi connectivity index (χ1n) is 6.37. The molecule has 1 aliphatic rings. The lowest BCUT2D eigenvalue weighted by Crippen LogP contribution is -2.01. The quantitative estimate of drug-likeness (QED) is 0.777. The van der Waals surface area contributed by atoms with Gasteiger partial charge in [-0.25, -0.2) is 0 Å². The van der Waals surface area contributed by atoms with Crippen molar-refractivity contribution in [3.05, 3.63) is 65.5 Å². The van der Waals surface area contributed by atoms with Crippen molar-refractivity contribution in [2.75, 3.05) is 0 Å². The molecule has 0 radical (unpaired) electrons. The van der Waals surface area contributed by atoms with Crippen LogP contribution in [0.4, 0.5) is 0 Å². The fourth-order valence-electron chi connectivity index (χ4n) is 2.77. The van der Waals surface area contributed by atoms with Crippen LogP contribution in [-0.4, -0.2) is 4.98 Å². The normalized spacial score (nSPS) is 14.8. The molecule has 0 atom stereocenters. The summed E-state index contributed by atoms with van der Waals surface area (Å²) >= 11 is 0. The molecule has 0 saturated carbocycles. The zero-order valence-corrected chi connectivity index (χ0v) is 9.97. The molecule has 0 amide bonds. The Kier molecular flexibility index (Phi) is 2.91. The van der Waals surface area contributed by atoms with Gasteiger partial charge in [0.05, 0.1) is 0 Å². The third-order valence-corrected chi connectivity index (χ3v) is 3.73. The second kappa shape index (κ2) is 4.70. The molecule has 1 aromatic carbocycles. The molecule has 1 heterocycles. The number of hydrogen-bond donors (Lipinski definition) is 0. The minimum Gasteiger partial charge on any atom is -0.265 e. The van der Waals surface area contributed by atoms with E-state index in [1.807, 2.05) is 12.4 Å². The molecule has 2 aromatic rings. The van der Waals surface area contributed by atoms with E-state index in [2.05, 4.69) is 41.4 Å². The van der Waals surface area contributed by atoms with Crippen LogP contribution in [0, 0.1) is 5.92 Å². The maximum atomic E-state index is 4.06. The monoisotopic (exact) mass is 223 g/mol. The minimum absolute atomic E-state index is 0.834. The predicted molar refractivity (Wildman–Crippen MR) is 69.9 cm³/mol. The molecule has 0 aliphatic heterocycles. The van der Waals surface area contributed by atoms with Gasteiger partial charge in [0.1, 0.15) is 0 Å². The average Bonchev–Trinajstić information content (AvgIpc) is 2.80. The van der Waals surface area contributed by atoms with E-state index in [4.69, 9.17) is 0 Å². The fraction of sp³-hybridized carbons (Fsp3) is 0.312. The van der Waals surface area contributed by atoms with Crippen molar-refractivity contribution in [1.82, 2.24) is 4.98 Å². The van der Waals surface area contributed by atoms with Gasteiger partial charge in [-0.05, 0) is 60.4 Å². The van der Waals surface area contributed by atoms with Gasteiger partial charge in [0.15, 0.2) is 0 Å². The number of fused-ring (bicyclic) bond motifs is 1. The molecular weight excluding hydrogens is 206 g/mol. The van der Waals surface area contributed by atoms with Gasteiger partial charge in [0.25, 0.3) is 0 Å². The second-order valence-corrected chi connectivity index (χ2v) is 4.94. The first-order valence-corrected chi connectivity index (χ1v) is 6.37. The number of benzene rings is 1. The minimum atomic E-state index is 0.834. The summed E-state index contributed by atoms with van der Waals surface area (Å²) in [6.45, 7) is 0. The number of nitrogens with zero attached hydrogens (tertiary/aromatic N) is 1. The fourth-order valence-corrected chi connectivity index (χ4v) is 2.77. The van der Waals surface area contributed by atoms with Crippen molar-refractivity contribution in [2.24, 2.45) is 5.92 Å². The summed E-state index contributed by atoms with van der Waals surface area (Å²) in [7, 11) is 0. The van der Waals surface area contributed by atoms with Crippen LogP contribution in [0.3, 0.4) is 0 Å². The smallest absolute Gasteiger partial charge is 0.0270 e. The van der Waals surface area contributed by atoms with E-state index in [1.54, 1.807) is 11.1 Å². The molecule has 0 bridgehead atoms. The topological polar surface area (TPSA) is 12.9 Å². The summed E-state index contributed by atoms with van der Waals surface area (Å²) in [5.41, 5.74) is 4.54. The highest BCUT2D eigenvalue weighted by molar-refractivity contribution is 5.32. The van der Waals surface area contributed by atoms with E-state index < -0.39 is 0 Å². The van der Waals surface area contributed by atoms with Gasteiger partial charge in [-0.15, -0.1) is 0 Å². The van der Waals surface area contributed by atoms with Crippen molar-refractivity contribution in [2.45, 2.75) is 25.7 Å². The standard InChI is InChI=1S/C16H17N/c1-2-4-16-12-14(11-15(16)3-1)6-5-13-7-9-17-10-8-13/h1-4,7-10,14H,5-6,11-12H2. The lowest BCUT2D eigenvalue weighted by atomic mass is 9.97. The third kappa shape index (κ3) is 2.38. The van der Waals surface area contributed by atoms with E-state index in [-0.39, 0.29) is 0 Å². The molecule has 86 valence electrons. The average molecular weight is 223 g/mol. The van der Waals surface area contributed by atoms with Crippen molar-refractivity contribution >= 4 is 0 Å². The van der Waals surface area contributed by atoms with Gasteiger partial charge in [0.2, 0.25) is 0 Å². The van der Waals surface area contributed by atoms with E-state index >= 15 is 0 Å². The molecule has 0 fully saturated rings. The largest absolute Gasteiger partial charge is 0.265 e. The molecule has 1 aliphatic carbocycles. The van der Waals surface area contributed by atoms with Crippen LogP contribution >= 0.6 is 0 Å². The van der Waals surface area contributed by atoms with Crippen molar-refractivity contribution in [1.29, 1.82) is 0 Å². The van der Waals surface area contributed by atoms with Crippen LogP contribution in [0.15, 0.2) is 48.8 Å². The summed E-state index contributed by atoms with van der Waals surface area (Å²) in [6.07, 6.45) is 8.78. The summed E-state index contributed by atoms with van der Waals surface area (Å²) in [5, 5.41) is 0. The van der Waals surface area contributed by atoms with Crippen molar-refractivity contribution < 1.29 is 0 Å². The number of pyridine rings is 1. The maximum Gasteiger partial charge on any atom is 0.0270 e. The van der Waals surface area contributed by atoms with E-state index in [0.717, 1.165) is 5.92 Å². The van der Waals surface area contributed by atoms with Gasteiger partial charge >= 0.3 is 0 Å². The lowest BCUT2D eigenvalue weighted by molar-refractivity contribution is 0.514. The van der Waals surface area contributed by atoms with Gasteiger partial charge in [0, 0.05) is 12.4 Å². The highest BCUT2D eigenvalue weighted by Crippen LogP contribution is 2.29. The van der Waals surface area contributed by atoms with Gasteiger partial charge < -0.3 is 0 Å². The van der Waals surface area contributed by atoms with Gasteiger partial charge in [-0.2, -0.15) is 0 Å². The van der Waals surface area contributed by atoms with Crippen molar-refractivity contribution in [3.8, 4) is 0 Å². The molecule has 1 nitrogen and oxygen atoms in total. The summed E-state index contributed by atoms with van der Waals surface area (Å²) in [5.74, 6) is 0.834. The first-order chi connectivity index (χ1) is 8.42. The Morgan fingerprint density at radius 2 is 1.59 bits per heavy atom. The number of hydrogen-bond acceptors (Lipinski definition) is 1. The lowest BCUT2D eigenvalue weighted by Gasteiger charge is -2.08. The van der Waals surface area contributed by atoms with E-state index in [0.29, 0.717) is 0 Å². The SMILES string of the molecule is c1ccc2c(c1)CC(CCc1ccncc1)C2. The molecule has 3 rings (SSSR count). The summed E-state index contributed by atoms with van der Waals surface area (Å²) in [6, 6.07) is 13.1. The molecule has 1 heteroatoms. The molecular formula is C16H17N. The maximum absolute atomic E-state index is 4.06. The Balaban J connectivity index is 1.59. The number of aryl methyl sites for hydroxylation is 1. The highest BCUT2D eigenvalue weighted by atomic mass is 14.6. The summed E-state index contributed by atoms with van der Waals surface area (Å²) < 4.78 is 0. The van der Waals surface area contributed by atoms with E-state index in [1.165, 1.54) is 31.2 Å². The molecule has 1 aromatic heterocycles. The Morgan fingerprint density at radius 1 is 0.941 bits per heavy atom. The van der Waals surface area contributed by atoms with Gasteiger partial charge in [-0.1, -0.05) is 24.3 Å². The Bertz CT molecular complexity index is 465. The molecule has 0 spiro atoms. The predicted octanol–water partition coefficient (Wildman–Crippen LogP) is 3.43. The number of rotatable bonds is 3. The van der Waals surface area contributed by atoms with Gasteiger partial charge in [-0.3, -0.25) is 4.98 Å². The molecule has 0 N–H and O–H groups in total. The first kappa shape index (κ1) is 10.5. The zero-order chi connectivity index (χ0) is 11.5. The Morgan fingerprint density at radius 3 is 2.24 bits per heavy atom. The van der Waals surface area contributed by atoms with Crippen LogP contribution < -0.4 is 0 Å². The van der Waals surface area contributed by atoms with Crippen LogP contribution in [0.1, 0.15) is 23.1 Å². The van der Waals surface area contributed by atoms with Crippen LogP contribution in [-0.2, 0) is 19.3 Å². The van der Waals surface area contributed by atoms with Crippen molar-refractivity contribution in [3.63, 3.8) is 0 Å².